The molecule has 0 radical (unpaired) electrons. The topological polar surface area (TPSA) is 61.4 Å². The summed E-state index contributed by atoms with van der Waals surface area (Å²) in [6.07, 6.45) is 4.07. The Morgan fingerprint density at radius 3 is 2.77 bits per heavy atom. The van der Waals surface area contributed by atoms with E-state index < -0.39 is 0 Å². The second kappa shape index (κ2) is 9.26. The molecule has 0 bridgehead atoms. The predicted molar refractivity (Wildman–Crippen MR) is 102 cm³/mol. The summed E-state index contributed by atoms with van der Waals surface area (Å²) >= 11 is 1.57. The molecule has 4 nitrogen and oxygen atoms in total. The van der Waals surface area contributed by atoms with Gasteiger partial charge >= 0.3 is 0 Å². The molecule has 140 valence electrons. The van der Waals surface area contributed by atoms with Crippen LogP contribution in [-0.4, -0.2) is 30.2 Å². The zero-order chi connectivity index (χ0) is 18.4. The number of carbonyl (C=O) groups is 1. The molecule has 3 N–H and O–H groups in total. The highest BCUT2D eigenvalue weighted by Crippen LogP contribution is 2.28. The summed E-state index contributed by atoms with van der Waals surface area (Å²) in [5.41, 5.74) is 0.862. The SMILES string of the molecule is O=C(CN[C@@H]1CCC[C@H]1CCO)N[C@@H](c1ccc(F)cc1)c1cccs1. The largest absolute Gasteiger partial charge is 0.396 e. The van der Waals surface area contributed by atoms with Gasteiger partial charge in [0.05, 0.1) is 12.6 Å². The Labute approximate surface area is 157 Å². The summed E-state index contributed by atoms with van der Waals surface area (Å²) in [5.74, 6) is 0.0724. The summed E-state index contributed by atoms with van der Waals surface area (Å²) in [4.78, 5) is 13.5. The molecule has 0 spiro atoms. The van der Waals surface area contributed by atoms with E-state index in [-0.39, 0.29) is 30.9 Å². The summed E-state index contributed by atoms with van der Waals surface area (Å²) in [7, 11) is 0. The van der Waals surface area contributed by atoms with Crippen LogP contribution in [0.2, 0.25) is 0 Å². The molecule has 3 rings (SSSR count). The van der Waals surface area contributed by atoms with E-state index in [2.05, 4.69) is 10.6 Å². The highest BCUT2D eigenvalue weighted by molar-refractivity contribution is 7.10. The first-order valence-corrected chi connectivity index (χ1v) is 9.98. The normalized spacial score (nSPS) is 20.8. The van der Waals surface area contributed by atoms with Crippen molar-refractivity contribution in [1.29, 1.82) is 0 Å². The maximum Gasteiger partial charge on any atom is 0.234 e. The van der Waals surface area contributed by atoms with E-state index in [1.165, 1.54) is 12.1 Å². The van der Waals surface area contributed by atoms with Crippen LogP contribution in [0.5, 0.6) is 0 Å². The van der Waals surface area contributed by atoms with E-state index in [0.29, 0.717) is 12.0 Å². The van der Waals surface area contributed by atoms with Crippen LogP contribution in [0.1, 0.15) is 42.2 Å². The first kappa shape index (κ1) is 19.0. The molecule has 3 atom stereocenters. The number of hydrogen-bond acceptors (Lipinski definition) is 4. The van der Waals surface area contributed by atoms with Gasteiger partial charge in [0.15, 0.2) is 0 Å². The number of aliphatic hydroxyl groups is 1. The molecule has 6 heteroatoms. The van der Waals surface area contributed by atoms with Crippen molar-refractivity contribution in [1.82, 2.24) is 10.6 Å². The number of amides is 1. The quantitative estimate of drug-likeness (QED) is 0.663. The van der Waals surface area contributed by atoms with Crippen LogP contribution in [0.15, 0.2) is 41.8 Å². The van der Waals surface area contributed by atoms with Gasteiger partial charge < -0.3 is 15.7 Å². The maximum atomic E-state index is 13.2. The molecule has 1 aliphatic carbocycles. The molecular formula is C20H25FN2O2S. The first-order chi connectivity index (χ1) is 12.7. The molecule has 26 heavy (non-hydrogen) atoms. The number of thiophene rings is 1. The summed E-state index contributed by atoms with van der Waals surface area (Å²) < 4.78 is 13.2. The standard InChI is InChI=1S/C20H25FN2O2S/c21-16-8-6-15(7-9-16)20(18-5-2-12-26-18)23-19(25)13-22-17-4-1-3-14(17)10-11-24/h2,5-9,12,14,17,20,22,24H,1,3-4,10-11,13H2,(H,23,25)/t14-,17+,20-/m0/s1. The van der Waals surface area contributed by atoms with Crippen LogP contribution >= 0.6 is 11.3 Å². The molecular weight excluding hydrogens is 351 g/mol. The molecule has 1 aromatic heterocycles. The van der Waals surface area contributed by atoms with E-state index in [1.54, 1.807) is 23.5 Å². The molecule has 1 aromatic carbocycles. The van der Waals surface area contributed by atoms with Crippen molar-refractivity contribution < 1.29 is 14.3 Å². The molecule has 1 aliphatic rings. The number of aliphatic hydroxyl groups excluding tert-OH is 1. The number of nitrogens with one attached hydrogen (secondary N) is 2. The summed E-state index contributed by atoms with van der Waals surface area (Å²) in [6, 6.07) is 10.2. The lowest BCUT2D eigenvalue weighted by atomic mass is 10.00. The third kappa shape index (κ3) is 4.90. The van der Waals surface area contributed by atoms with Gasteiger partial charge in [0.2, 0.25) is 5.91 Å². The maximum absolute atomic E-state index is 13.2. The van der Waals surface area contributed by atoms with Crippen molar-refractivity contribution in [2.24, 2.45) is 5.92 Å². The Balaban J connectivity index is 1.61. The molecule has 0 saturated heterocycles. The van der Waals surface area contributed by atoms with Gasteiger partial charge in [0.1, 0.15) is 5.82 Å². The lowest BCUT2D eigenvalue weighted by Gasteiger charge is -2.22. The highest BCUT2D eigenvalue weighted by Gasteiger charge is 2.27. The van der Waals surface area contributed by atoms with Crippen molar-refractivity contribution in [3.8, 4) is 0 Å². The lowest BCUT2D eigenvalue weighted by Crippen LogP contribution is -2.42. The van der Waals surface area contributed by atoms with Crippen molar-refractivity contribution in [3.63, 3.8) is 0 Å². The Kier molecular flexibility index (Phi) is 6.77. The Morgan fingerprint density at radius 2 is 2.08 bits per heavy atom. The molecule has 1 saturated carbocycles. The fourth-order valence-electron chi connectivity index (χ4n) is 3.68. The van der Waals surface area contributed by atoms with Crippen LogP contribution in [0.25, 0.3) is 0 Å². The summed E-state index contributed by atoms with van der Waals surface area (Å²) in [6.45, 7) is 0.440. The van der Waals surface area contributed by atoms with Gasteiger partial charge in [-0.1, -0.05) is 24.6 Å². The minimum absolute atomic E-state index is 0.0811. The molecule has 0 aliphatic heterocycles. The van der Waals surface area contributed by atoms with Crippen LogP contribution in [0, 0.1) is 11.7 Å². The average Bonchev–Trinajstić information content (AvgIpc) is 3.31. The van der Waals surface area contributed by atoms with E-state index in [9.17, 15) is 9.18 Å². The Hall–Kier alpha value is -1.76. The molecule has 1 heterocycles. The lowest BCUT2D eigenvalue weighted by molar-refractivity contribution is -0.120. The van der Waals surface area contributed by atoms with E-state index in [4.69, 9.17) is 5.11 Å². The number of carbonyl (C=O) groups excluding carboxylic acids is 1. The smallest absolute Gasteiger partial charge is 0.234 e. The Morgan fingerprint density at radius 1 is 1.27 bits per heavy atom. The third-order valence-corrected chi connectivity index (χ3v) is 5.96. The van der Waals surface area contributed by atoms with Gasteiger partial charge in [-0.3, -0.25) is 4.79 Å². The number of hydrogen-bond donors (Lipinski definition) is 3. The van der Waals surface area contributed by atoms with Crippen molar-refractivity contribution in [3.05, 3.63) is 58.0 Å². The number of halogens is 1. The molecule has 2 aromatic rings. The Bertz CT molecular complexity index is 690. The van der Waals surface area contributed by atoms with Crippen LogP contribution in [0.4, 0.5) is 4.39 Å². The second-order valence-corrected chi connectivity index (χ2v) is 7.74. The van der Waals surface area contributed by atoms with Crippen LogP contribution in [-0.2, 0) is 4.79 Å². The number of rotatable bonds is 8. The monoisotopic (exact) mass is 376 g/mol. The fraction of sp³-hybridized carbons (Fsp3) is 0.450. The van der Waals surface area contributed by atoms with Gasteiger partial charge in [-0.2, -0.15) is 0 Å². The predicted octanol–water partition coefficient (Wildman–Crippen LogP) is 3.23. The minimum atomic E-state index is -0.289. The fourth-order valence-corrected chi connectivity index (χ4v) is 4.48. The van der Waals surface area contributed by atoms with E-state index >= 15 is 0 Å². The third-order valence-electron chi connectivity index (χ3n) is 5.02. The van der Waals surface area contributed by atoms with Gasteiger partial charge in [0, 0.05) is 17.5 Å². The molecule has 1 amide bonds. The van der Waals surface area contributed by atoms with Crippen molar-refractivity contribution >= 4 is 17.2 Å². The van der Waals surface area contributed by atoms with Crippen LogP contribution < -0.4 is 10.6 Å². The second-order valence-electron chi connectivity index (χ2n) is 6.76. The van der Waals surface area contributed by atoms with Crippen LogP contribution in [0.3, 0.4) is 0 Å². The first-order valence-electron chi connectivity index (χ1n) is 9.10. The van der Waals surface area contributed by atoms with Gasteiger partial charge in [-0.15, -0.1) is 11.3 Å². The van der Waals surface area contributed by atoms with E-state index in [0.717, 1.165) is 36.1 Å². The van der Waals surface area contributed by atoms with Crippen molar-refractivity contribution in [2.75, 3.05) is 13.2 Å². The average molecular weight is 376 g/mol. The van der Waals surface area contributed by atoms with Gasteiger partial charge in [-0.25, -0.2) is 4.39 Å². The van der Waals surface area contributed by atoms with E-state index in [1.807, 2.05) is 17.5 Å². The zero-order valence-electron chi connectivity index (χ0n) is 14.7. The van der Waals surface area contributed by atoms with Gasteiger partial charge in [-0.05, 0) is 54.3 Å². The summed E-state index contributed by atoms with van der Waals surface area (Å²) in [5, 5.41) is 17.5. The number of benzene rings is 1. The minimum Gasteiger partial charge on any atom is -0.396 e. The molecule has 0 unspecified atom stereocenters. The van der Waals surface area contributed by atoms with Crippen molar-refractivity contribution in [2.45, 2.75) is 37.8 Å². The highest BCUT2D eigenvalue weighted by atomic mass is 32.1. The molecule has 1 fully saturated rings. The zero-order valence-corrected chi connectivity index (χ0v) is 15.5. The van der Waals surface area contributed by atoms with Gasteiger partial charge in [0.25, 0.3) is 0 Å².